The summed E-state index contributed by atoms with van der Waals surface area (Å²) in [6.07, 6.45) is 2.80. The number of aryl methyl sites for hydroxylation is 1. The van der Waals surface area contributed by atoms with Crippen molar-refractivity contribution in [3.8, 4) is 0 Å². The van der Waals surface area contributed by atoms with E-state index in [-0.39, 0.29) is 23.7 Å². The van der Waals surface area contributed by atoms with Crippen LogP contribution < -0.4 is 11.1 Å². The molecule has 0 radical (unpaired) electrons. The molecular weight excluding hydrogens is 380 g/mol. The number of hydrogen-bond acceptors (Lipinski definition) is 5. The number of H-pyrrole nitrogens is 1. The molecule has 0 aliphatic heterocycles. The first kappa shape index (κ1) is 23.6. The van der Waals surface area contributed by atoms with E-state index in [9.17, 15) is 9.59 Å². The number of rotatable bonds is 9. The molecule has 0 aliphatic rings. The topological polar surface area (TPSA) is 110 Å². The number of hydrogen-bond donors (Lipinski definition) is 3. The van der Waals surface area contributed by atoms with Gasteiger partial charge in [0.2, 0.25) is 5.91 Å². The van der Waals surface area contributed by atoms with Gasteiger partial charge in [-0.05, 0) is 29.9 Å². The van der Waals surface area contributed by atoms with Crippen molar-refractivity contribution in [3.05, 3.63) is 53.6 Å². The molecule has 4 N–H and O–H groups in total. The molecule has 1 amide bonds. The van der Waals surface area contributed by atoms with Crippen molar-refractivity contribution in [1.82, 2.24) is 15.3 Å². The number of nitrogens with two attached hydrogens (primary N) is 1. The first-order chi connectivity index (χ1) is 14.1. The summed E-state index contributed by atoms with van der Waals surface area (Å²) < 4.78 is 6.03. The van der Waals surface area contributed by atoms with Crippen molar-refractivity contribution >= 4 is 11.9 Å². The molecule has 0 saturated heterocycles. The minimum Gasteiger partial charge on any atom is -0.455 e. The second-order valence-electron chi connectivity index (χ2n) is 8.51. The Labute approximate surface area is 178 Å². The molecule has 4 atom stereocenters. The van der Waals surface area contributed by atoms with Crippen LogP contribution in [0.15, 0.2) is 36.8 Å². The molecule has 1 aromatic heterocycles. The Morgan fingerprint density at radius 2 is 1.77 bits per heavy atom. The smallest absolute Gasteiger partial charge is 0.329 e. The first-order valence-electron chi connectivity index (χ1n) is 10.4. The number of imidazole rings is 1. The van der Waals surface area contributed by atoms with E-state index in [0.29, 0.717) is 0 Å². The Balaban J connectivity index is 2.29. The summed E-state index contributed by atoms with van der Waals surface area (Å²) in [6, 6.07) is 6.34. The van der Waals surface area contributed by atoms with Crippen LogP contribution in [-0.2, 0) is 14.3 Å². The summed E-state index contributed by atoms with van der Waals surface area (Å²) in [7, 11) is 0. The van der Waals surface area contributed by atoms with E-state index >= 15 is 0 Å². The van der Waals surface area contributed by atoms with Gasteiger partial charge in [-0.2, -0.15) is 0 Å². The predicted molar refractivity (Wildman–Crippen MR) is 117 cm³/mol. The standard InChI is InChI=1S/C23H34N4O3/c1-13(2)19(24)22(28)27-20(14(3)4)23(29)30-21(16(6)18-11-25-12-26-18)17-10-8-7-9-15(17)5/h7-14,16,19-21H,24H2,1-6H3,(H,25,26)(H,27,28)/t16-,19?,20?,21?/m0/s1. The largest absolute Gasteiger partial charge is 0.455 e. The third-order valence-corrected chi connectivity index (χ3v) is 5.44. The number of carbonyl (C=O) groups is 2. The maximum Gasteiger partial charge on any atom is 0.329 e. The van der Waals surface area contributed by atoms with E-state index in [1.54, 1.807) is 12.5 Å². The lowest BCUT2D eigenvalue weighted by molar-refractivity contribution is -0.156. The highest BCUT2D eigenvalue weighted by molar-refractivity contribution is 5.87. The predicted octanol–water partition coefficient (Wildman–Crippen LogP) is 3.23. The lowest BCUT2D eigenvalue weighted by Gasteiger charge is -2.29. The second kappa shape index (κ2) is 10.4. The van der Waals surface area contributed by atoms with Gasteiger partial charge in [0, 0.05) is 17.8 Å². The summed E-state index contributed by atoms with van der Waals surface area (Å²) in [6.45, 7) is 11.4. The Hall–Kier alpha value is -2.67. The zero-order valence-corrected chi connectivity index (χ0v) is 18.7. The molecule has 0 bridgehead atoms. The molecule has 0 saturated carbocycles. The van der Waals surface area contributed by atoms with Gasteiger partial charge in [0.05, 0.1) is 12.4 Å². The molecule has 7 nitrogen and oxygen atoms in total. The molecule has 7 heteroatoms. The lowest BCUT2D eigenvalue weighted by Crippen LogP contribution is -2.52. The fraction of sp³-hybridized carbons (Fsp3) is 0.522. The van der Waals surface area contributed by atoms with Crippen molar-refractivity contribution in [2.75, 3.05) is 0 Å². The summed E-state index contributed by atoms with van der Waals surface area (Å²) in [4.78, 5) is 32.9. The summed E-state index contributed by atoms with van der Waals surface area (Å²) in [5.41, 5.74) is 8.76. The summed E-state index contributed by atoms with van der Waals surface area (Å²) in [5, 5.41) is 2.78. The molecule has 2 rings (SSSR count). The van der Waals surface area contributed by atoms with Gasteiger partial charge in [-0.15, -0.1) is 0 Å². The highest BCUT2D eigenvalue weighted by Gasteiger charge is 2.33. The average Bonchev–Trinajstić information content (AvgIpc) is 3.24. The number of benzene rings is 1. The minimum absolute atomic E-state index is 0.0334. The number of aromatic nitrogens is 2. The maximum atomic E-state index is 13.2. The normalized spacial score (nSPS) is 15.5. The van der Waals surface area contributed by atoms with E-state index in [1.807, 2.05) is 65.8 Å². The molecule has 164 valence electrons. The van der Waals surface area contributed by atoms with Crippen molar-refractivity contribution in [2.24, 2.45) is 17.6 Å². The van der Waals surface area contributed by atoms with Gasteiger partial charge in [-0.1, -0.05) is 58.9 Å². The van der Waals surface area contributed by atoms with Crippen LogP contribution in [0.25, 0.3) is 0 Å². The maximum absolute atomic E-state index is 13.2. The zero-order valence-electron chi connectivity index (χ0n) is 18.7. The highest BCUT2D eigenvalue weighted by Crippen LogP contribution is 2.35. The van der Waals surface area contributed by atoms with Crippen molar-refractivity contribution in [1.29, 1.82) is 0 Å². The Morgan fingerprint density at radius 3 is 2.30 bits per heavy atom. The molecular formula is C23H34N4O3. The monoisotopic (exact) mass is 414 g/mol. The molecule has 2 aromatic rings. The molecule has 0 spiro atoms. The van der Waals surface area contributed by atoms with Gasteiger partial charge in [0.25, 0.3) is 0 Å². The van der Waals surface area contributed by atoms with Gasteiger partial charge in [0.1, 0.15) is 12.1 Å². The van der Waals surface area contributed by atoms with Crippen LogP contribution >= 0.6 is 0 Å². The van der Waals surface area contributed by atoms with Crippen LogP contribution in [0.4, 0.5) is 0 Å². The second-order valence-corrected chi connectivity index (χ2v) is 8.51. The van der Waals surface area contributed by atoms with E-state index in [2.05, 4.69) is 15.3 Å². The Kier molecular flexibility index (Phi) is 8.17. The van der Waals surface area contributed by atoms with Crippen LogP contribution in [0.2, 0.25) is 0 Å². The van der Waals surface area contributed by atoms with Crippen LogP contribution in [-0.4, -0.2) is 33.9 Å². The third kappa shape index (κ3) is 5.69. The Bertz CT molecular complexity index is 833. The highest BCUT2D eigenvalue weighted by atomic mass is 16.5. The lowest BCUT2D eigenvalue weighted by atomic mass is 9.91. The number of amides is 1. The van der Waals surface area contributed by atoms with E-state index in [1.165, 1.54) is 0 Å². The number of nitrogens with zero attached hydrogens (tertiary/aromatic N) is 1. The number of aromatic amines is 1. The SMILES string of the molecule is Cc1ccccc1C(OC(=O)C(NC(=O)C(N)C(C)C)C(C)C)[C@@H](C)c1cnc[nH]1. The van der Waals surface area contributed by atoms with Crippen LogP contribution in [0.5, 0.6) is 0 Å². The van der Waals surface area contributed by atoms with Gasteiger partial charge < -0.3 is 20.8 Å². The van der Waals surface area contributed by atoms with Crippen molar-refractivity contribution in [2.45, 2.75) is 65.6 Å². The minimum atomic E-state index is -0.789. The molecule has 3 unspecified atom stereocenters. The number of ether oxygens (including phenoxy) is 1. The van der Waals surface area contributed by atoms with Crippen LogP contribution in [0, 0.1) is 18.8 Å². The Morgan fingerprint density at radius 1 is 1.10 bits per heavy atom. The third-order valence-electron chi connectivity index (χ3n) is 5.44. The first-order valence-corrected chi connectivity index (χ1v) is 10.4. The molecule has 30 heavy (non-hydrogen) atoms. The van der Waals surface area contributed by atoms with Gasteiger partial charge in [0.15, 0.2) is 0 Å². The van der Waals surface area contributed by atoms with E-state index in [4.69, 9.17) is 10.5 Å². The van der Waals surface area contributed by atoms with E-state index in [0.717, 1.165) is 16.8 Å². The molecule has 0 aliphatic carbocycles. The summed E-state index contributed by atoms with van der Waals surface area (Å²) in [5.74, 6) is -1.17. The molecule has 0 fully saturated rings. The molecule has 1 aromatic carbocycles. The van der Waals surface area contributed by atoms with Crippen LogP contribution in [0.1, 0.15) is 63.5 Å². The molecule has 1 heterocycles. The van der Waals surface area contributed by atoms with E-state index < -0.39 is 24.2 Å². The number of nitrogens with one attached hydrogen (secondary N) is 2. The van der Waals surface area contributed by atoms with Gasteiger partial charge in [-0.25, -0.2) is 9.78 Å². The number of carbonyl (C=O) groups excluding carboxylic acids is 2. The number of esters is 1. The quantitative estimate of drug-likeness (QED) is 0.546. The van der Waals surface area contributed by atoms with Crippen molar-refractivity contribution in [3.63, 3.8) is 0 Å². The fourth-order valence-electron chi connectivity index (χ4n) is 3.27. The van der Waals surface area contributed by atoms with Gasteiger partial charge >= 0.3 is 5.97 Å². The van der Waals surface area contributed by atoms with Gasteiger partial charge in [-0.3, -0.25) is 4.79 Å². The summed E-state index contributed by atoms with van der Waals surface area (Å²) >= 11 is 0. The zero-order chi connectivity index (χ0) is 22.4. The average molecular weight is 415 g/mol. The fourth-order valence-corrected chi connectivity index (χ4v) is 3.27. The van der Waals surface area contributed by atoms with Crippen LogP contribution in [0.3, 0.4) is 0 Å². The van der Waals surface area contributed by atoms with Crippen molar-refractivity contribution < 1.29 is 14.3 Å².